The standard InChI is InChI=1S/C12H16N2/c1-4-6-10(2)14-11(3)12-7-5-8-13-9-12/h1,5,7-11,14H,6H2,2-3H3. The van der Waals surface area contributed by atoms with Gasteiger partial charge in [-0.25, -0.2) is 0 Å². The van der Waals surface area contributed by atoms with Gasteiger partial charge in [0.15, 0.2) is 0 Å². The Morgan fingerprint density at radius 3 is 2.93 bits per heavy atom. The van der Waals surface area contributed by atoms with Crippen LogP contribution >= 0.6 is 0 Å². The van der Waals surface area contributed by atoms with E-state index in [9.17, 15) is 0 Å². The highest BCUT2D eigenvalue weighted by molar-refractivity contribution is 5.13. The molecular weight excluding hydrogens is 172 g/mol. The maximum atomic E-state index is 5.24. The van der Waals surface area contributed by atoms with Crippen LogP contribution in [-0.4, -0.2) is 11.0 Å². The van der Waals surface area contributed by atoms with Crippen molar-refractivity contribution in [3.05, 3.63) is 30.1 Å². The third kappa shape index (κ3) is 3.20. The van der Waals surface area contributed by atoms with Crippen molar-refractivity contribution in [2.45, 2.75) is 32.4 Å². The minimum Gasteiger partial charge on any atom is -0.307 e. The number of terminal acetylenes is 1. The summed E-state index contributed by atoms with van der Waals surface area (Å²) >= 11 is 0. The lowest BCUT2D eigenvalue weighted by atomic mass is 10.1. The van der Waals surface area contributed by atoms with E-state index in [0.717, 1.165) is 6.42 Å². The van der Waals surface area contributed by atoms with Gasteiger partial charge in [0.05, 0.1) is 0 Å². The molecule has 1 aromatic rings. The average molecular weight is 188 g/mol. The van der Waals surface area contributed by atoms with Crippen LogP contribution in [0.25, 0.3) is 0 Å². The van der Waals surface area contributed by atoms with E-state index in [-0.39, 0.29) is 0 Å². The molecule has 2 atom stereocenters. The van der Waals surface area contributed by atoms with Crippen LogP contribution in [0, 0.1) is 12.3 Å². The average Bonchev–Trinajstić information content (AvgIpc) is 2.19. The first kappa shape index (κ1) is 10.7. The molecule has 2 unspecified atom stereocenters. The Bertz CT molecular complexity index is 300. The van der Waals surface area contributed by atoms with Crippen molar-refractivity contribution in [2.75, 3.05) is 0 Å². The minimum absolute atomic E-state index is 0.298. The zero-order valence-electron chi connectivity index (χ0n) is 8.70. The molecule has 0 aliphatic heterocycles. The maximum Gasteiger partial charge on any atom is 0.0315 e. The van der Waals surface area contributed by atoms with Crippen LogP contribution < -0.4 is 5.32 Å². The molecule has 0 radical (unpaired) electrons. The molecule has 14 heavy (non-hydrogen) atoms. The largest absolute Gasteiger partial charge is 0.307 e. The summed E-state index contributed by atoms with van der Waals surface area (Å²) in [5, 5.41) is 3.41. The lowest BCUT2D eigenvalue weighted by Crippen LogP contribution is -2.28. The molecule has 1 N–H and O–H groups in total. The Hall–Kier alpha value is -1.33. The Morgan fingerprint density at radius 1 is 1.57 bits per heavy atom. The van der Waals surface area contributed by atoms with Gasteiger partial charge in [-0.05, 0) is 25.5 Å². The van der Waals surface area contributed by atoms with Gasteiger partial charge in [0.2, 0.25) is 0 Å². The van der Waals surface area contributed by atoms with Crippen LogP contribution in [0.5, 0.6) is 0 Å². The molecule has 74 valence electrons. The van der Waals surface area contributed by atoms with Crippen LogP contribution in [0.15, 0.2) is 24.5 Å². The lowest BCUT2D eigenvalue weighted by Gasteiger charge is -2.18. The Labute approximate surface area is 85.8 Å². The molecule has 0 aliphatic carbocycles. The molecule has 0 bridgehead atoms. The first-order chi connectivity index (χ1) is 6.74. The Morgan fingerprint density at radius 2 is 2.36 bits per heavy atom. The molecule has 0 fully saturated rings. The fraction of sp³-hybridized carbons (Fsp3) is 0.417. The van der Waals surface area contributed by atoms with E-state index in [1.807, 2.05) is 12.3 Å². The molecule has 0 spiro atoms. The topological polar surface area (TPSA) is 24.9 Å². The number of nitrogens with one attached hydrogen (secondary N) is 1. The van der Waals surface area contributed by atoms with Gasteiger partial charge in [0, 0.05) is 30.9 Å². The van der Waals surface area contributed by atoms with Crippen molar-refractivity contribution in [3.63, 3.8) is 0 Å². The van der Waals surface area contributed by atoms with Crippen molar-refractivity contribution in [3.8, 4) is 12.3 Å². The second-order valence-electron chi connectivity index (χ2n) is 3.48. The number of pyridine rings is 1. The summed E-state index contributed by atoms with van der Waals surface area (Å²) in [7, 11) is 0. The summed E-state index contributed by atoms with van der Waals surface area (Å²) in [6.45, 7) is 4.21. The zero-order valence-corrected chi connectivity index (χ0v) is 8.70. The molecule has 0 amide bonds. The van der Waals surface area contributed by atoms with E-state index in [1.54, 1.807) is 6.20 Å². The minimum atomic E-state index is 0.298. The van der Waals surface area contributed by atoms with E-state index in [2.05, 4.69) is 36.1 Å². The van der Waals surface area contributed by atoms with E-state index >= 15 is 0 Å². The van der Waals surface area contributed by atoms with Gasteiger partial charge in [-0.1, -0.05) is 6.07 Å². The second kappa shape index (κ2) is 5.41. The van der Waals surface area contributed by atoms with E-state index in [4.69, 9.17) is 6.42 Å². The van der Waals surface area contributed by atoms with Crippen LogP contribution in [-0.2, 0) is 0 Å². The van der Waals surface area contributed by atoms with Gasteiger partial charge >= 0.3 is 0 Å². The van der Waals surface area contributed by atoms with Crippen molar-refractivity contribution in [1.82, 2.24) is 10.3 Å². The molecule has 0 aliphatic rings. The third-order valence-electron chi connectivity index (χ3n) is 2.14. The van der Waals surface area contributed by atoms with Gasteiger partial charge in [-0.3, -0.25) is 4.98 Å². The van der Waals surface area contributed by atoms with E-state index in [0.29, 0.717) is 12.1 Å². The summed E-state index contributed by atoms with van der Waals surface area (Å²) in [6, 6.07) is 4.65. The lowest BCUT2D eigenvalue weighted by molar-refractivity contribution is 0.485. The normalized spacial score (nSPS) is 14.4. The van der Waals surface area contributed by atoms with Gasteiger partial charge in [-0.2, -0.15) is 0 Å². The molecule has 0 aromatic carbocycles. The highest BCUT2D eigenvalue weighted by Gasteiger charge is 2.07. The highest BCUT2D eigenvalue weighted by atomic mass is 14.9. The molecule has 0 saturated carbocycles. The molecule has 2 nitrogen and oxygen atoms in total. The quantitative estimate of drug-likeness (QED) is 0.732. The predicted octanol–water partition coefficient (Wildman–Crippen LogP) is 2.14. The van der Waals surface area contributed by atoms with Crippen LogP contribution in [0.1, 0.15) is 31.9 Å². The number of nitrogens with zero attached hydrogens (tertiary/aromatic N) is 1. The molecular formula is C12H16N2. The fourth-order valence-corrected chi connectivity index (χ4v) is 1.39. The van der Waals surface area contributed by atoms with Gasteiger partial charge in [-0.15, -0.1) is 12.3 Å². The van der Waals surface area contributed by atoms with Gasteiger partial charge in [0.1, 0.15) is 0 Å². The number of hydrogen-bond donors (Lipinski definition) is 1. The zero-order chi connectivity index (χ0) is 10.4. The molecule has 1 heterocycles. The third-order valence-corrected chi connectivity index (χ3v) is 2.14. The van der Waals surface area contributed by atoms with Crippen molar-refractivity contribution in [2.24, 2.45) is 0 Å². The summed E-state index contributed by atoms with van der Waals surface area (Å²) in [5.74, 6) is 2.65. The monoisotopic (exact) mass is 188 g/mol. The van der Waals surface area contributed by atoms with Crippen molar-refractivity contribution in [1.29, 1.82) is 0 Å². The molecule has 2 heteroatoms. The van der Waals surface area contributed by atoms with Gasteiger partial charge in [0.25, 0.3) is 0 Å². The Balaban J connectivity index is 2.51. The first-order valence-corrected chi connectivity index (χ1v) is 4.83. The van der Waals surface area contributed by atoms with Crippen LogP contribution in [0.3, 0.4) is 0 Å². The smallest absolute Gasteiger partial charge is 0.0315 e. The summed E-state index contributed by atoms with van der Waals surface area (Å²) < 4.78 is 0. The maximum absolute atomic E-state index is 5.24. The highest BCUT2D eigenvalue weighted by Crippen LogP contribution is 2.11. The number of aromatic nitrogens is 1. The van der Waals surface area contributed by atoms with E-state index in [1.165, 1.54) is 5.56 Å². The van der Waals surface area contributed by atoms with Crippen LogP contribution in [0.2, 0.25) is 0 Å². The first-order valence-electron chi connectivity index (χ1n) is 4.83. The predicted molar refractivity (Wildman–Crippen MR) is 58.7 cm³/mol. The molecule has 1 rings (SSSR count). The number of rotatable bonds is 4. The Kier molecular flexibility index (Phi) is 4.15. The SMILES string of the molecule is C#CCC(C)NC(C)c1cccnc1. The van der Waals surface area contributed by atoms with Crippen molar-refractivity contribution < 1.29 is 0 Å². The summed E-state index contributed by atoms with van der Waals surface area (Å²) in [4.78, 5) is 4.08. The van der Waals surface area contributed by atoms with Crippen molar-refractivity contribution >= 4 is 0 Å². The fourth-order valence-electron chi connectivity index (χ4n) is 1.39. The summed E-state index contributed by atoms with van der Waals surface area (Å²) in [6.07, 6.45) is 9.65. The van der Waals surface area contributed by atoms with Crippen LogP contribution in [0.4, 0.5) is 0 Å². The second-order valence-corrected chi connectivity index (χ2v) is 3.48. The summed E-state index contributed by atoms with van der Waals surface area (Å²) in [5.41, 5.74) is 1.19. The number of hydrogen-bond acceptors (Lipinski definition) is 2. The van der Waals surface area contributed by atoms with E-state index < -0.39 is 0 Å². The van der Waals surface area contributed by atoms with Gasteiger partial charge < -0.3 is 5.32 Å². The molecule has 1 aromatic heterocycles. The molecule has 0 saturated heterocycles.